The average molecular weight is 410 g/mol. The van der Waals surface area contributed by atoms with Crippen LogP contribution in [0.2, 0.25) is 0 Å². The summed E-state index contributed by atoms with van der Waals surface area (Å²) in [5.41, 5.74) is 0.886. The van der Waals surface area contributed by atoms with E-state index >= 15 is 0 Å². The van der Waals surface area contributed by atoms with Crippen LogP contribution >= 0.6 is 12.2 Å². The Kier molecular flexibility index (Phi) is 6.18. The number of amides is 2. The summed E-state index contributed by atoms with van der Waals surface area (Å²) in [5, 5.41) is 2.97. The van der Waals surface area contributed by atoms with Crippen molar-refractivity contribution in [3.63, 3.8) is 0 Å². The van der Waals surface area contributed by atoms with Gasteiger partial charge in [0.15, 0.2) is 0 Å². The standard InChI is InChI=1S/C18H23FN4O4S/c1-12(28)20-10-14-11-23(18(25)27-14)13-3-4-16(15(19)9-13)21-5-7-22(8-6-21)17(24)26-2/h3-4,9,14H,5-8,10-11H2,1-2H3,(H,20,28)/t14-/m0/s1. The summed E-state index contributed by atoms with van der Waals surface area (Å²) >= 11 is 4.96. The number of nitrogens with zero attached hydrogens (tertiary/aromatic N) is 3. The highest BCUT2D eigenvalue weighted by molar-refractivity contribution is 7.80. The van der Waals surface area contributed by atoms with Gasteiger partial charge in [-0.2, -0.15) is 0 Å². The number of benzene rings is 1. The third kappa shape index (κ3) is 4.44. The summed E-state index contributed by atoms with van der Waals surface area (Å²) in [7, 11) is 1.34. The second-order valence-electron chi connectivity index (χ2n) is 6.63. The number of methoxy groups -OCH3 is 1. The Morgan fingerprint density at radius 2 is 2.07 bits per heavy atom. The van der Waals surface area contributed by atoms with Crippen molar-refractivity contribution in [2.45, 2.75) is 13.0 Å². The monoisotopic (exact) mass is 410 g/mol. The minimum Gasteiger partial charge on any atom is -0.453 e. The molecule has 10 heteroatoms. The van der Waals surface area contributed by atoms with Crippen LogP contribution in [0.1, 0.15) is 6.92 Å². The van der Waals surface area contributed by atoms with Crippen LogP contribution in [0.5, 0.6) is 0 Å². The second-order valence-corrected chi connectivity index (χ2v) is 7.25. The fourth-order valence-corrected chi connectivity index (χ4v) is 3.36. The van der Waals surface area contributed by atoms with Gasteiger partial charge in [0.2, 0.25) is 0 Å². The van der Waals surface area contributed by atoms with E-state index in [4.69, 9.17) is 21.7 Å². The molecule has 2 fully saturated rings. The lowest BCUT2D eigenvalue weighted by molar-refractivity contribution is 0.121. The van der Waals surface area contributed by atoms with Gasteiger partial charge in [0.1, 0.15) is 11.9 Å². The summed E-state index contributed by atoms with van der Waals surface area (Å²) in [6.45, 7) is 4.42. The molecule has 0 unspecified atom stereocenters. The molecule has 2 aliphatic heterocycles. The maximum Gasteiger partial charge on any atom is 0.414 e. The van der Waals surface area contributed by atoms with Crippen molar-refractivity contribution >= 4 is 40.8 Å². The molecule has 3 rings (SSSR count). The minimum absolute atomic E-state index is 0.324. The van der Waals surface area contributed by atoms with Gasteiger partial charge in [-0.15, -0.1) is 0 Å². The van der Waals surface area contributed by atoms with Crippen molar-refractivity contribution < 1.29 is 23.5 Å². The molecule has 0 aliphatic carbocycles. The highest BCUT2D eigenvalue weighted by Gasteiger charge is 2.33. The van der Waals surface area contributed by atoms with E-state index < -0.39 is 11.9 Å². The number of cyclic esters (lactones) is 1. The quantitative estimate of drug-likeness (QED) is 0.761. The normalized spacial score (nSPS) is 19.5. The first-order chi connectivity index (χ1) is 13.4. The van der Waals surface area contributed by atoms with Crippen LogP contribution in [0, 0.1) is 5.82 Å². The lowest BCUT2D eigenvalue weighted by atomic mass is 10.2. The van der Waals surface area contributed by atoms with E-state index in [1.54, 1.807) is 24.0 Å². The first kappa shape index (κ1) is 20.1. The number of piperazine rings is 1. The predicted molar refractivity (Wildman–Crippen MR) is 106 cm³/mol. The van der Waals surface area contributed by atoms with Crippen molar-refractivity contribution in [3.05, 3.63) is 24.0 Å². The lowest BCUT2D eigenvalue weighted by Gasteiger charge is -2.35. The number of carbonyl (C=O) groups is 2. The molecule has 2 amide bonds. The van der Waals surface area contributed by atoms with Crippen molar-refractivity contribution in [2.24, 2.45) is 0 Å². The van der Waals surface area contributed by atoms with Gasteiger partial charge in [-0.3, -0.25) is 4.90 Å². The Morgan fingerprint density at radius 1 is 1.36 bits per heavy atom. The largest absolute Gasteiger partial charge is 0.453 e. The summed E-state index contributed by atoms with van der Waals surface area (Å²) in [6, 6.07) is 4.69. The molecule has 0 saturated carbocycles. The average Bonchev–Trinajstić information content (AvgIpc) is 3.06. The minimum atomic E-state index is -0.507. The van der Waals surface area contributed by atoms with Crippen molar-refractivity contribution in [1.29, 1.82) is 0 Å². The molecule has 1 atom stereocenters. The lowest BCUT2D eigenvalue weighted by Crippen LogP contribution is -2.49. The zero-order valence-electron chi connectivity index (χ0n) is 15.8. The number of rotatable bonds is 4. The van der Waals surface area contributed by atoms with Gasteiger partial charge in [0.25, 0.3) is 0 Å². The smallest absolute Gasteiger partial charge is 0.414 e. The molecule has 0 aromatic heterocycles. The highest BCUT2D eigenvalue weighted by atomic mass is 32.1. The molecule has 28 heavy (non-hydrogen) atoms. The molecule has 2 aliphatic rings. The topological polar surface area (TPSA) is 74.3 Å². The van der Waals surface area contributed by atoms with Gasteiger partial charge in [-0.1, -0.05) is 12.2 Å². The molecule has 8 nitrogen and oxygen atoms in total. The molecule has 0 radical (unpaired) electrons. The Labute approximate surface area is 168 Å². The number of carbonyl (C=O) groups excluding carboxylic acids is 2. The van der Waals surface area contributed by atoms with Crippen LogP contribution < -0.4 is 15.1 Å². The fourth-order valence-electron chi connectivity index (χ4n) is 3.28. The Morgan fingerprint density at radius 3 is 2.68 bits per heavy atom. The van der Waals surface area contributed by atoms with Crippen molar-refractivity contribution in [1.82, 2.24) is 10.2 Å². The maximum absolute atomic E-state index is 14.7. The third-order valence-corrected chi connectivity index (χ3v) is 4.89. The SMILES string of the molecule is COC(=O)N1CCN(c2ccc(N3C[C@H](CNC(C)=S)OC3=O)cc2F)CC1. The molecule has 1 N–H and O–H groups in total. The zero-order chi connectivity index (χ0) is 20.3. The Balaban J connectivity index is 1.64. The maximum atomic E-state index is 14.7. The summed E-state index contributed by atoms with van der Waals surface area (Å²) in [6.07, 6.45) is -1.23. The molecule has 1 aromatic rings. The number of thiocarbonyl (C=S) groups is 1. The number of halogens is 1. The molecular formula is C18H23FN4O4S. The second kappa shape index (κ2) is 8.59. The van der Waals surface area contributed by atoms with E-state index in [1.807, 2.05) is 4.90 Å². The first-order valence-corrected chi connectivity index (χ1v) is 9.40. The van der Waals surface area contributed by atoms with Gasteiger partial charge in [-0.05, 0) is 25.1 Å². The summed E-state index contributed by atoms with van der Waals surface area (Å²) in [5.74, 6) is -0.423. The van der Waals surface area contributed by atoms with Gasteiger partial charge in [0, 0.05) is 26.2 Å². The Hall–Kier alpha value is -2.62. The third-order valence-electron chi connectivity index (χ3n) is 4.75. The van der Waals surface area contributed by atoms with Gasteiger partial charge < -0.3 is 24.6 Å². The number of hydrogen-bond donors (Lipinski definition) is 1. The fraction of sp³-hybridized carbons (Fsp3) is 0.500. The van der Waals surface area contributed by atoms with Crippen LogP contribution in [-0.4, -0.2) is 74.6 Å². The number of ether oxygens (including phenoxy) is 2. The molecular weight excluding hydrogens is 387 g/mol. The highest BCUT2D eigenvalue weighted by Crippen LogP contribution is 2.28. The van der Waals surface area contributed by atoms with Crippen LogP contribution in [-0.2, 0) is 9.47 Å². The van der Waals surface area contributed by atoms with Crippen LogP contribution in [0.25, 0.3) is 0 Å². The number of nitrogens with one attached hydrogen (secondary N) is 1. The number of hydrogen-bond acceptors (Lipinski definition) is 6. The molecule has 0 bridgehead atoms. The molecule has 152 valence electrons. The van der Waals surface area contributed by atoms with E-state index in [9.17, 15) is 14.0 Å². The summed E-state index contributed by atoms with van der Waals surface area (Å²) < 4.78 is 24.7. The van der Waals surface area contributed by atoms with Gasteiger partial charge in [-0.25, -0.2) is 14.0 Å². The van der Waals surface area contributed by atoms with E-state index in [2.05, 4.69) is 5.32 Å². The summed E-state index contributed by atoms with van der Waals surface area (Å²) in [4.78, 5) is 29.2. The van der Waals surface area contributed by atoms with Gasteiger partial charge in [0.05, 0.1) is 36.6 Å². The van der Waals surface area contributed by atoms with Crippen LogP contribution in [0.15, 0.2) is 18.2 Å². The first-order valence-electron chi connectivity index (χ1n) is 8.99. The van der Waals surface area contributed by atoms with E-state index in [-0.39, 0.29) is 12.2 Å². The Bertz CT molecular complexity index is 770. The van der Waals surface area contributed by atoms with Crippen molar-refractivity contribution in [2.75, 3.05) is 56.2 Å². The molecule has 0 spiro atoms. The van der Waals surface area contributed by atoms with Crippen LogP contribution in [0.4, 0.5) is 25.4 Å². The van der Waals surface area contributed by atoms with E-state index in [0.717, 1.165) is 0 Å². The van der Waals surface area contributed by atoms with E-state index in [0.29, 0.717) is 55.6 Å². The predicted octanol–water partition coefficient (Wildman–Crippen LogP) is 1.98. The zero-order valence-corrected chi connectivity index (χ0v) is 16.6. The molecule has 2 heterocycles. The van der Waals surface area contributed by atoms with Gasteiger partial charge >= 0.3 is 12.2 Å². The molecule has 2 saturated heterocycles. The van der Waals surface area contributed by atoms with E-state index in [1.165, 1.54) is 18.1 Å². The number of anilines is 2. The molecule has 1 aromatic carbocycles. The van der Waals surface area contributed by atoms with Crippen LogP contribution in [0.3, 0.4) is 0 Å². The van der Waals surface area contributed by atoms with Crippen molar-refractivity contribution in [3.8, 4) is 0 Å².